The van der Waals surface area contributed by atoms with Crippen LogP contribution in [0.25, 0.3) is 0 Å². The van der Waals surface area contributed by atoms with Gasteiger partial charge in [0.2, 0.25) is 0 Å². The number of ether oxygens (including phenoxy) is 1. The molecule has 1 aliphatic heterocycles. The quantitative estimate of drug-likeness (QED) is 0.465. The van der Waals surface area contributed by atoms with Crippen molar-refractivity contribution in [3.05, 3.63) is 29.8 Å². The minimum absolute atomic E-state index is 0. The molecule has 1 aromatic rings. The van der Waals surface area contributed by atoms with Crippen LogP contribution in [-0.4, -0.2) is 24.7 Å². The summed E-state index contributed by atoms with van der Waals surface area (Å²) in [5.74, 6) is 1.56. The minimum atomic E-state index is 0. The van der Waals surface area contributed by atoms with Crippen LogP contribution < -0.4 is 15.8 Å². The standard InChI is InChI=1S/C16H23N3O.HI/c17-16(19-13-7-2-1-3-8-13)18-11-14-10-12-6-4-5-9-15(12)20-14;/h4-6,9,13-14H,1-3,7-8,10-11H2,(H3,17,18,19);1H. The van der Waals surface area contributed by atoms with Crippen molar-refractivity contribution in [1.82, 2.24) is 5.32 Å². The summed E-state index contributed by atoms with van der Waals surface area (Å²) in [5, 5.41) is 3.34. The number of rotatable bonds is 3. The number of aliphatic imine (C=N–C) groups is 1. The molecule has 1 unspecified atom stereocenters. The summed E-state index contributed by atoms with van der Waals surface area (Å²) < 4.78 is 5.86. The Morgan fingerprint density at radius 3 is 2.76 bits per heavy atom. The van der Waals surface area contributed by atoms with E-state index in [2.05, 4.69) is 16.4 Å². The minimum Gasteiger partial charge on any atom is -0.488 e. The van der Waals surface area contributed by atoms with Gasteiger partial charge >= 0.3 is 0 Å². The van der Waals surface area contributed by atoms with Gasteiger partial charge < -0.3 is 15.8 Å². The molecule has 0 amide bonds. The molecule has 0 radical (unpaired) electrons. The van der Waals surface area contributed by atoms with Crippen LogP contribution in [0.4, 0.5) is 0 Å². The van der Waals surface area contributed by atoms with Crippen molar-refractivity contribution in [2.24, 2.45) is 10.7 Å². The molecule has 1 saturated carbocycles. The molecule has 1 atom stereocenters. The first-order valence-electron chi connectivity index (χ1n) is 7.62. The molecular formula is C16H24IN3O. The number of nitrogens with two attached hydrogens (primary N) is 1. The molecule has 3 N–H and O–H groups in total. The largest absolute Gasteiger partial charge is 0.488 e. The molecule has 116 valence electrons. The highest BCUT2D eigenvalue weighted by Gasteiger charge is 2.22. The second-order valence-corrected chi connectivity index (χ2v) is 5.76. The van der Waals surface area contributed by atoms with Crippen molar-refractivity contribution in [2.45, 2.75) is 50.7 Å². The molecule has 21 heavy (non-hydrogen) atoms. The van der Waals surface area contributed by atoms with Crippen molar-refractivity contribution < 1.29 is 4.74 Å². The van der Waals surface area contributed by atoms with Gasteiger partial charge in [-0.1, -0.05) is 37.5 Å². The van der Waals surface area contributed by atoms with Crippen LogP contribution in [0.5, 0.6) is 5.75 Å². The van der Waals surface area contributed by atoms with E-state index >= 15 is 0 Å². The first-order valence-corrected chi connectivity index (χ1v) is 7.62. The van der Waals surface area contributed by atoms with Crippen LogP contribution in [-0.2, 0) is 6.42 Å². The van der Waals surface area contributed by atoms with Crippen molar-refractivity contribution in [3.8, 4) is 5.75 Å². The Balaban J connectivity index is 0.00000161. The third-order valence-electron chi connectivity index (χ3n) is 4.14. The summed E-state index contributed by atoms with van der Waals surface area (Å²) in [6, 6.07) is 8.69. The number of hydrogen-bond acceptors (Lipinski definition) is 2. The van der Waals surface area contributed by atoms with Crippen LogP contribution in [0.2, 0.25) is 0 Å². The molecule has 2 aliphatic rings. The molecule has 0 bridgehead atoms. The second kappa shape index (κ2) is 7.87. The monoisotopic (exact) mass is 401 g/mol. The summed E-state index contributed by atoms with van der Waals surface area (Å²) >= 11 is 0. The van der Waals surface area contributed by atoms with Gasteiger partial charge in [0.05, 0.1) is 6.54 Å². The van der Waals surface area contributed by atoms with Crippen LogP contribution >= 0.6 is 24.0 Å². The number of para-hydroxylation sites is 1. The highest BCUT2D eigenvalue weighted by atomic mass is 127. The van der Waals surface area contributed by atoms with Gasteiger partial charge in [0.1, 0.15) is 11.9 Å². The van der Waals surface area contributed by atoms with Crippen molar-refractivity contribution in [2.75, 3.05) is 6.54 Å². The number of halogens is 1. The first kappa shape index (κ1) is 16.4. The molecule has 0 saturated heterocycles. The zero-order chi connectivity index (χ0) is 13.8. The Morgan fingerprint density at radius 1 is 1.24 bits per heavy atom. The van der Waals surface area contributed by atoms with Crippen molar-refractivity contribution >= 4 is 29.9 Å². The van der Waals surface area contributed by atoms with E-state index in [0.717, 1.165) is 12.2 Å². The highest BCUT2D eigenvalue weighted by molar-refractivity contribution is 14.0. The van der Waals surface area contributed by atoms with Gasteiger partial charge in [-0.25, -0.2) is 4.99 Å². The number of nitrogens with zero attached hydrogens (tertiary/aromatic N) is 1. The van der Waals surface area contributed by atoms with Crippen molar-refractivity contribution in [1.29, 1.82) is 0 Å². The summed E-state index contributed by atoms with van der Waals surface area (Å²) in [4.78, 5) is 4.44. The van der Waals surface area contributed by atoms with Crippen molar-refractivity contribution in [3.63, 3.8) is 0 Å². The molecule has 5 heteroatoms. The van der Waals surface area contributed by atoms with Crippen LogP contribution in [0.15, 0.2) is 29.3 Å². The fraction of sp³-hybridized carbons (Fsp3) is 0.562. The summed E-state index contributed by atoms with van der Waals surface area (Å²) in [6.07, 6.45) is 7.42. The molecule has 0 aromatic heterocycles. The zero-order valence-electron chi connectivity index (χ0n) is 12.3. The van der Waals surface area contributed by atoms with Gasteiger partial charge in [0, 0.05) is 12.5 Å². The summed E-state index contributed by atoms with van der Waals surface area (Å²) in [6.45, 7) is 0.625. The summed E-state index contributed by atoms with van der Waals surface area (Å²) in [7, 11) is 0. The first-order chi connectivity index (χ1) is 9.81. The third kappa shape index (κ3) is 4.49. The van der Waals surface area contributed by atoms with Gasteiger partial charge in [-0.2, -0.15) is 0 Å². The average Bonchev–Trinajstić information content (AvgIpc) is 2.89. The lowest BCUT2D eigenvalue weighted by molar-refractivity contribution is 0.241. The lowest BCUT2D eigenvalue weighted by Gasteiger charge is -2.23. The maximum atomic E-state index is 5.97. The predicted octanol–water partition coefficient (Wildman–Crippen LogP) is 2.85. The van der Waals surface area contributed by atoms with E-state index in [0.29, 0.717) is 18.5 Å². The molecule has 3 rings (SSSR count). The number of benzene rings is 1. The third-order valence-corrected chi connectivity index (χ3v) is 4.14. The van der Waals surface area contributed by atoms with Gasteiger partial charge in [0.15, 0.2) is 5.96 Å². The van der Waals surface area contributed by atoms with Gasteiger partial charge in [-0.05, 0) is 24.5 Å². The molecule has 1 fully saturated rings. The maximum absolute atomic E-state index is 5.97. The van der Waals surface area contributed by atoms with E-state index in [-0.39, 0.29) is 30.1 Å². The van der Waals surface area contributed by atoms with E-state index in [4.69, 9.17) is 10.5 Å². The number of nitrogens with one attached hydrogen (secondary N) is 1. The normalized spacial score (nSPS) is 22.1. The predicted molar refractivity (Wildman–Crippen MR) is 96.5 cm³/mol. The van der Waals surface area contributed by atoms with Gasteiger partial charge in [-0.3, -0.25) is 0 Å². The molecule has 1 aromatic carbocycles. The van der Waals surface area contributed by atoms with Gasteiger partial charge in [-0.15, -0.1) is 24.0 Å². The van der Waals surface area contributed by atoms with E-state index in [1.165, 1.54) is 37.7 Å². The average molecular weight is 401 g/mol. The molecule has 1 heterocycles. The SMILES string of the molecule is I.NC(=NCC1Cc2ccccc2O1)NC1CCCCC1. The molecule has 4 nitrogen and oxygen atoms in total. The Labute approximate surface area is 143 Å². The fourth-order valence-electron chi connectivity index (χ4n) is 3.06. The Bertz CT molecular complexity index is 461. The van der Waals surface area contributed by atoms with Crippen LogP contribution in [0.1, 0.15) is 37.7 Å². The van der Waals surface area contributed by atoms with E-state index in [1.807, 2.05) is 18.2 Å². The smallest absolute Gasteiger partial charge is 0.188 e. The zero-order valence-corrected chi connectivity index (χ0v) is 14.6. The lowest BCUT2D eigenvalue weighted by Crippen LogP contribution is -2.41. The lowest BCUT2D eigenvalue weighted by atomic mass is 9.96. The number of hydrogen-bond donors (Lipinski definition) is 2. The molecular weight excluding hydrogens is 377 g/mol. The molecule has 0 spiro atoms. The number of guanidine groups is 1. The number of fused-ring (bicyclic) bond motifs is 1. The van der Waals surface area contributed by atoms with Crippen LogP contribution in [0.3, 0.4) is 0 Å². The van der Waals surface area contributed by atoms with Crippen LogP contribution in [0, 0.1) is 0 Å². The second-order valence-electron chi connectivity index (χ2n) is 5.76. The fourth-order valence-corrected chi connectivity index (χ4v) is 3.06. The van der Waals surface area contributed by atoms with E-state index in [1.54, 1.807) is 0 Å². The topological polar surface area (TPSA) is 59.6 Å². The maximum Gasteiger partial charge on any atom is 0.188 e. The highest BCUT2D eigenvalue weighted by Crippen LogP contribution is 2.28. The Morgan fingerprint density at radius 2 is 2.00 bits per heavy atom. The summed E-state index contributed by atoms with van der Waals surface area (Å²) in [5.41, 5.74) is 7.24. The van der Waals surface area contributed by atoms with E-state index < -0.39 is 0 Å². The Hall–Kier alpha value is -0.980. The van der Waals surface area contributed by atoms with Gasteiger partial charge in [0.25, 0.3) is 0 Å². The Kier molecular flexibility index (Phi) is 6.14. The molecule has 1 aliphatic carbocycles. The van der Waals surface area contributed by atoms with E-state index in [9.17, 15) is 0 Å².